The van der Waals surface area contributed by atoms with Gasteiger partial charge in [0.05, 0.1) is 7.11 Å². The summed E-state index contributed by atoms with van der Waals surface area (Å²) in [5, 5.41) is 0. The van der Waals surface area contributed by atoms with Crippen molar-refractivity contribution >= 4 is 0 Å². The number of rotatable bonds is 5. The quantitative estimate of drug-likeness (QED) is 0.554. The largest absolute Gasteiger partial charge is 0.379 e. The first-order valence-electron chi connectivity index (χ1n) is 4.19. The van der Waals surface area contributed by atoms with E-state index in [1.807, 2.05) is 0 Å². The van der Waals surface area contributed by atoms with Gasteiger partial charge in [-0.2, -0.15) is 0 Å². The van der Waals surface area contributed by atoms with Crippen LogP contribution in [0.5, 0.6) is 0 Å². The van der Waals surface area contributed by atoms with Crippen molar-refractivity contribution in [1.29, 1.82) is 0 Å². The van der Waals surface area contributed by atoms with E-state index in [0.717, 1.165) is 6.61 Å². The average Bonchev–Trinajstić information content (AvgIpc) is 2.01. The zero-order valence-electron chi connectivity index (χ0n) is 7.89. The van der Waals surface area contributed by atoms with E-state index in [9.17, 15) is 0 Å². The first-order valence-corrected chi connectivity index (χ1v) is 4.19. The predicted octanol–water partition coefficient (Wildman–Crippen LogP) is 3.18. The normalized spacial score (nSPS) is 15.1. The van der Waals surface area contributed by atoms with Gasteiger partial charge in [-0.05, 0) is 32.6 Å². The summed E-state index contributed by atoms with van der Waals surface area (Å²) in [6.07, 6.45) is 4.55. The Kier molecular flexibility index (Phi) is 6.24. The van der Waals surface area contributed by atoms with Crippen molar-refractivity contribution in [1.82, 2.24) is 0 Å². The Balaban J connectivity index is 3.37. The molecule has 1 nitrogen and oxygen atoms in total. The maximum Gasteiger partial charge on any atom is 0.0700 e. The van der Waals surface area contributed by atoms with Crippen LogP contribution in [0.15, 0.2) is 11.6 Å². The van der Waals surface area contributed by atoms with E-state index in [4.69, 9.17) is 4.74 Å². The number of hydrogen-bond acceptors (Lipinski definition) is 1. The van der Waals surface area contributed by atoms with Crippen LogP contribution in [0, 0.1) is 13.0 Å². The number of allylic oxidation sites excluding steroid dienone is 2. The van der Waals surface area contributed by atoms with Gasteiger partial charge in [-0.25, -0.2) is 0 Å². The van der Waals surface area contributed by atoms with Crippen molar-refractivity contribution in [2.24, 2.45) is 5.92 Å². The lowest BCUT2D eigenvalue weighted by Crippen LogP contribution is -2.02. The van der Waals surface area contributed by atoms with Gasteiger partial charge < -0.3 is 4.74 Å². The Morgan fingerprint density at radius 1 is 1.64 bits per heavy atom. The highest BCUT2D eigenvalue weighted by atomic mass is 16.5. The molecule has 0 aliphatic carbocycles. The zero-order valence-corrected chi connectivity index (χ0v) is 7.89. The molecule has 0 aromatic rings. The lowest BCUT2D eigenvalue weighted by molar-refractivity contribution is 0.191. The van der Waals surface area contributed by atoms with Crippen molar-refractivity contribution in [3.63, 3.8) is 0 Å². The van der Waals surface area contributed by atoms with Crippen molar-refractivity contribution in [3.8, 4) is 0 Å². The van der Waals surface area contributed by atoms with E-state index >= 15 is 0 Å². The zero-order chi connectivity index (χ0) is 8.69. The minimum Gasteiger partial charge on any atom is -0.379 e. The van der Waals surface area contributed by atoms with Crippen LogP contribution in [-0.4, -0.2) is 6.61 Å². The fourth-order valence-corrected chi connectivity index (χ4v) is 0.903. The molecule has 0 spiro atoms. The topological polar surface area (TPSA) is 9.23 Å². The lowest BCUT2D eigenvalue weighted by Gasteiger charge is -2.09. The molecule has 0 aliphatic heterocycles. The summed E-state index contributed by atoms with van der Waals surface area (Å²) in [7, 11) is 3.36. The summed E-state index contributed by atoms with van der Waals surface area (Å²) in [5.74, 6) is 0.627. The summed E-state index contributed by atoms with van der Waals surface area (Å²) in [4.78, 5) is 0. The molecule has 0 saturated heterocycles. The Morgan fingerprint density at radius 3 is 2.73 bits per heavy atom. The standard InChI is InChI=1S/C10H19O/c1-5-9(2)6-7-10(3)8-11-4/h5,10H,4,6-8H2,1-3H3. The van der Waals surface area contributed by atoms with Crippen LogP contribution in [0.25, 0.3) is 0 Å². The summed E-state index contributed by atoms with van der Waals surface area (Å²) in [6.45, 7) is 7.21. The van der Waals surface area contributed by atoms with E-state index in [1.54, 1.807) is 0 Å². The summed E-state index contributed by atoms with van der Waals surface area (Å²) < 4.78 is 4.80. The monoisotopic (exact) mass is 155 g/mol. The van der Waals surface area contributed by atoms with Crippen molar-refractivity contribution in [2.45, 2.75) is 33.6 Å². The maximum atomic E-state index is 4.80. The van der Waals surface area contributed by atoms with E-state index in [2.05, 4.69) is 34.0 Å². The van der Waals surface area contributed by atoms with Gasteiger partial charge in [0.25, 0.3) is 0 Å². The molecule has 0 bridgehead atoms. The van der Waals surface area contributed by atoms with Crippen LogP contribution in [0.1, 0.15) is 33.6 Å². The molecule has 0 aromatic carbocycles. The maximum absolute atomic E-state index is 4.80. The molecule has 0 heterocycles. The second-order valence-corrected chi connectivity index (χ2v) is 3.15. The van der Waals surface area contributed by atoms with Crippen LogP contribution >= 0.6 is 0 Å². The molecule has 0 N–H and O–H groups in total. The highest BCUT2D eigenvalue weighted by Gasteiger charge is 2.00. The second kappa shape index (κ2) is 6.41. The third kappa shape index (κ3) is 6.11. The Labute approximate surface area is 70.4 Å². The Morgan fingerprint density at radius 2 is 2.27 bits per heavy atom. The Bertz CT molecular complexity index is 116. The van der Waals surface area contributed by atoms with Gasteiger partial charge in [-0.15, -0.1) is 0 Å². The molecule has 11 heavy (non-hydrogen) atoms. The molecule has 0 amide bonds. The number of ether oxygens (including phenoxy) is 1. The molecule has 0 saturated carbocycles. The van der Waals surface area contributed by atoms with Crippen LogP contribution in [0.3, 0.4) is 0 Å². The van der Waals surface area contributed by atoms with E-state index in [-0.39, 0.29) is 0 Å². The van der Waals surface area contributed by atoms with Crippen LogP contribution < -0.4 is 0 Å². The molecule has 1 atom stereocenters. The summed E-state index contributed by atoms with van der Waals surface area (Å²) >= 11 is 0. The molecule has 0 aliphatic rings. The van der Waals surface area contributed by atoms with Gasteiger partial charge in [0, 0.05) is 6.61 Å². The van der Waals surface area contributed by atoms with Gasteiger partial charge in [0.1, 0.15) is 0 Å². The third-order valence-electron chi connectivity index (χ3n) is 1.93. The molecule has 1 radical (unpaired) electrons. The van der Waals surface area contributed by atoms with Gasteiger partial charge in [-0.3, -0.25) is 0 Å². The summed E-state index contributed by atoms with van der Waals surface area (Å²) in [6, 6.07) is 0. The van der Waals surface area contributed by atoms with Gasteiger partial charge in [0.15, 0.2) is 0 Å². The third-order valence-corrected chi connectivity index (χ3v) is 1.93. The fraction of sp³-hybridized carbons (Fsp3) is 0.700. The molecular formula is C10H19O. The number of hydrogen-bond donors (Lipinski definition) is 0. The molecule has 1 heteroatoms. The van der Waals surface area contributed by atoms with Crippen molar-refractivity contribution in [3.05, 3.63) is 18.8 Å². The van der Waals surface area contributed by atoms with Crippen LogP contribution in [-0.2, 0) is 4.74 Å². The second-order valence-electron chi connectivity index (χ2n) is 3.15. The minimum absolute atomic E-state index is 0.627. The van der Waals surface area contributed by atoms with Gasteiger partial charge >= 0.3 is 0 Å². The van der Waals surface area contributed by atoms with Crippen LogP contribution in [0.4, 0.5) is 0 Å². The molecule has 0 rings (SSSR count). The van der Waals surface area contributed by atoms with Crippen molar-refractivity contribution in [2.75, 3.05) is 6.61 Å². The SMILES string of the molecule is [CH2]OCC(C)CCC(C)=CC. The lowest BCUT2D eigenvalue weighted by atomic mass is 10.0. The highest BCUT2D eigenvalue weighted by Crippen LogP contribution is 2.11. The fourth-order valence-electron chi connectivity index (χ4n) is 0.903. The molecule has 0 aromatic heterocycles. The highest BCUT2D eigenvalue weighted by molar-refractivity contribution is 4.95. The van der Waals surface area contributed by atoms with Gasteiger partial charge in [0.2, 0.25) is 0 Å². The van der Waals surface area contributed by atoms with E-state index < -0.39 is 0 Å². The summed E-state index contributed by atoms with van der Waals surface area (Å²) in [5.41, 5.74) is 1.46. The molecule has 1 unspecified atom stereocenters. The smallest absolute Gasteiger partial charge is 0.0700 e. The molecular weight excluding hydrogens is 136 g/mol. The van der Waals surface area contributed by atoms with E-state index in [0.29, 0.717) is 5.92 Å². The minimum atomic E-state index is 0.627. The Hall–Kier alpha value is -0.300. The average molecular weight is 155 g/mol. The van der Waals surface area contributed by atoms with Crippen molar-refractivity contribution < 1.29 is 4.74 Å². The predicted molar refractivity (Wildman–Crippen MR) is 49.1 cm³/mol. The van der Waals surface area contributed by atoms with Crippen LogP contribution in [0.2, 0.25) is 0 Å². The molecule has 65 valence electrons. The van der Waals surface area contributed by atoms with Gasteiger partial charge in [-0.1, -0.05) is 18.6 Å². The first-order chi connectivity index (χ1) is 5.20. The first kappa shape index (κ1) is 10.7. The molecule has 0 fully saturated rings. The van der Waals surface area contributed by atoms with E-state index in [1.165, 1.54) is 18.4 Å².